The fourth-order valence-electron chi connectivity index (χ4n) is 3.01. The Bertz CT molecular complexity index is 829. The van der Waals surface area contributed by atoms with Gasteiger partial charge in [0.2, 0.25) is 15.9 Å². The highest BCUT2D eigenvalue weighted by Crippen LogP contribution is 2.33. The van der Waals surface area contributed by atoms with Crippen molar-refractivity contribution in [2.24, 2.45) is 0 Å². The second-order valence-corrected chi connectivity index (χ2v) is 10.0. The molecule has 0 spiro atoms. The molecule has 9 heteroatoms. The first-order chi connectivity index (χ1) is 13.0. The zero-order chi connectivity index (χ0) is 19.3. The fraction of sp³-hybridized carbons (Fsp3) is 0.611. The Morgan fingerprint density at radius 1 is 1.22 bits per heavy atom. The van der Waals surface area contributed by atoms with Crippen LogP contribution in [-0.2, 0) is 16.4 Å². The highest BCUT2D eigenvalue weighted by Gasteiger charge is 2.25. The number of sulfonamides is 1. The minimum Gasteiger partial charge on any atom is -0.338 e. The molecule has 0 N–H and O–H groups in total. The van der Waals surface area contributed by atoms with Gasteiger partial charge in [0.1, 0.15) is 4.90 Å². The molecule has 1 aliphatic heterocycles. The molecule has 0 aliphatic carbocycles. The van der Waals surface area contributed by atoms with Crippen LogP contribution in [0.25, 0.3) is 0 Å². The maximum absolute atomic E-state index is 12.8. The van der Waals surface area contributed by atoms with Crippen LogP contribution in [0.4, 0.5) is 0 Å². The quantitative estimate of drug-likeness (QED) is 0.641. The van der Waals surface area contributed by atoms with Gasteiger partial charge in [0, 0.05) is 25.7 Å². The molecule has 27 heavy (non-hydrogen) atoms. The first kappa shape index (κ1) is 20.3. The lowest BCUT2D eigenvalue weighted by Gasteiger charge is -2.19. The van der Waals surface area contributed by atoms with E-state index >= 15 is 0 Å². The maximum atomic E-state index is 12.8. The van der Waals surface area contributed by atoms with Crippen LogP contribution in [0.5, 0.6) is 0 Å². The van der Waals surface area contributed by atoms with Crippen LogP contribution in [0.15, 0.2) is 32.8 Å². The summed E-state index contributed by atoms with van der Waals surface area (Å²) in [5.74, 6) is 1.28. The molecule has 2 aromatic rings. The Kier molecular flexibility index (Phi) is 6.88. The normalized spacial score (nSPS) is 17.6. The van der Waals surface area contributed by atoms with E-state index in [1.807, 2.05) is 6.92 Å². The van der Waals surface area contributed by atoms with Crippen molar-refractivity contribution in [3.63, 3.8) is 0 Å². The van der Waals surface area contributed by atoms with Crippen molar-refractivity contribution in [1.82, 2.24) is 19.4 Å². The fourth-order valence-corrected chi connectivity index (χ4v) is 5.29. The van der Waals surface area contributed by atoms with Crippen LogP contribution in [0.2, 0.25) is 0 Å². The van der Waals surface area contributed by atoms with Crippen molar-refractivity contribution in [2.45, 2.75) is 67.5 Å². The molecule has 1 saturated heterocycles. The van der Waals surface area contributed by atoms with Gasteiger partial charge in [0.25, 0.3) is 0 Å². The lowest BCUT2D eigenvalue weighted by molar-refractivity contribution is 0.374. The van der Waals surface area contributed by atoms with Gasteiger partial charge in [-0.05, 0) is 38.3 Å². The van der Waals surface area contributed by atoms with E-state index in [2.05, 4.69) is 22.0 Å². The molecule has 1 unspecified atom stereocenters. The molecule has 2 aromatic heterocycles. The van der Waals surface area contributed by atoms with Gasteiger partial charge >= 0.3 is 0 Å². The largest absolute Gasteiger partial charge is 0.338 e. The molecule has 148 valence electrons. The first-order valence-corrected chi connectivity index (χ1v) is 11.8. The van der Waals surface area contributed by atoms with Gasteiger partial charge in [-0.15, -0.1) is 0 Å². The highest BCUT2D eigenvalue weighted by atomic mass is 32.2. The van der Waals surface area contributed by atoms with Gasteiger partial charge in [0.05, 0.1) is 10.3 Å². The lowest BCUT2D eigenvalue weighted by Crippen LogP contribution is -2.32. The molecule has 3 heterocycles. The van der Waals surface area contributed by atoms with E-state index < -0.39 is 10.0 Å². The topological polar surface area (TPSA) is 89.2 Å². The standard InChI is InChI=1S/C18H26N4O3S2/c1-3-8-16-20-18(25-21-16)14(2)26-17-10-9-15(13-19-17)27(23,24)22-11-6-4-5-7-12-22/h9-10,13-14H,3-8,11-12H2,1-2H3. The third-order valence-corrected chi connectivity index (χ3v) is 7.44. The summed E-state index contributed by atoms with van der Waals surface area (Å²) in [4.78, 5) is 8.99. The molecule has 1 aliphatic rings. The van der Waals surface area contributed by atoms with E-state index in [9.17, 15) is 8.42 Å². The second-order valence-electron chi connectivity index (χ2n) is 6.71. The van der Waals surface area contributed by atoms with Crippen LogP contribution >= 0.6 is 11.8 Å². The maximum Gasteiger partial charge on any atom is 0.244 e. The van der Waals surface area contributed by atoms with E-state index in [-0.39, 0.29) is 10.1 Å². The number of thioether (sulfide) groups is 1. The summed E-state index contributed by atoms with van der Waals surface area (Å²) in [5.41, 5.74) is 0. The molecule has 7 nitrogen and oxygen atoms in total. The minimum atomic E-state index is -3.47. The summed E-state index contributed by atoms with van der Waals surface area (Å²) in [7, 11) is -3.47. The van der Waals surface area contributed by atoms with Crippen molar-refractivity contribution in [1.29, 1.82) is 0 Å². The van der Waals surface area contributed by atoms with E-state index in [1.54, 1.807) is 16.4 Å². The smallest absolute Gasteiger partial charge is 0.244 e. The SMILES string of the molecule is CCCc1noc(C(C)Sc2ccc(S(=O)(=O)N3CCCCCC3)cn2)n1. The molecule has 0 bridgehead atoms. The van der Waals surface area contributed by atoms with Gasteiger partial charge in [0.15, 0.2) is 5.82 Å². The molecule has 0 saturated carbocycles. The Hall–Kier alpha value is -1.45. The highest BCUT2D eigenvalue weighted by molar-refractivity contribution is 7.99. The number of rotatable bonds is 7. The van der Waals surface area contributed by atoms with E-state index in [0.717, 1.165) is 43.6 Å². The third-order valence-electron chi connectivity index (χ3n) is 4.51. The zero-order valence-electron chi connectivity index (χ0n) is 15.8. The molecular weight excluding hydrogens is 384 g/mol. The number of pyridine rings is 1. The second kappa shape index (κ2) is 9.16. The average Bonchev–Trinajstić information content (AvgIpc) is 2.95. The Morgan fingerprint density at radius 3 is 2.59 bits per heavy atom. The summed E-state index contributed by atoms with van der Waals surface area (Å²) in [5, 5.41) is 4.65. The van der Waals surface area contributed by atoms with Crippen LogP contribution in [-0.4, -0.2) is 40.9 Å². The minimum absolute atomic E-state index is 0.0522. The number of hydrogen-bond donors (Lipinski definition) is 0. The molecule has 1 fully saturated rings. The van der Waals surface area contributed by atoms with Gasteiger partial charge in [-0.25, -0.2) is 13.4 Å². The van der Waals surface area contributed by atoms with Crippen molar-refractivity contribution < 1.29 is 12.9 Å². The summed E-state index contributed by atoms with van der Waals surface area (Å²) in [6.45, 7) is 5.22. The molecule has 0 amide bonds. The van der Waals surface area contributed by atoms with E-state index in [1.165, 1.54) is 18.0 Å². The molecule has 0 aromatic carbocycles. The monoisotopic (exact) mass is 410 g/mol. The van der Waals surface area contributed by atoms with Crippen LogP contribution in [0.1, 0.15) is 62.9 Å². The Morgan fingerprint density at radius 2 is 1.96 bits per heavy atom. The molecule has 1 atom stereocenters. The summed E-state index contributed by atoms with van der Waals surface area (Å²) >= 11 is 1.47. The summed E-state index contributed by atoms with van der Waals surface area (Å²) < 4.78 is 32.5. The summed E-state index contributed by atoms with van der Waals surface area (Å²) in [6.07, 6.45) is 7.23. The Labute approximate surface area is 165 Å². The van der Waals surface area contributed by atoms with Gasteiger partial charge < -0.3 is 4.52 Å². The molecule has 0 radical (unpaired) electrons. The van der Waals surface area contributed by atoms with E-state index in [4.69, 9.17) is 4.52 Å². The van der Waals surface area contributed by atoms with Gasteiger partial charge in [-0.2, -0.15) is 9.29 Å². The van der Waals surface area contributed by atoms with Gasteiger partial charge in [-0.3, -0.25) is 0 Å². The van der Waals surface area contributed by atoms with Crippen molar-refractivity contribution in [3.05, 3.63) is 30.0 Å². The first-order valence-electron chi connectivity index (χ1n) is 9.46. The summed E-state index contributed by atoms with van der Waals surface area (Å²) in [6, 6.07) is 3.38. The number of aromatic nitrogens is 3. The Balaban J connectivity index is 1.67. The predicted molar refractivity (Wildman–Crippen MR) is 104 cm³/mol. The van der Waals surface area contributed by atoms with Crippen molar-refractivity contribution in [2.75, 3.05) is 13.1 Å². The van der Waals surface area contributed by atoms with Gasteiger partial charge in [-0.1, -0.05) is 36.7 Å². The lowest BCUT2D eigenvalue weighted by atomic mass is 10.2. The zero-order valence-corrected chi connectivity index (χ0v) is 17.4. The predicted octanol–water partition coefficient (Wildman–Crippen LogP) is 3.84. The van der Waals surface area contributed by atoms with Crippen LogP contribution in [0.3, 0.4) is 0 Å². The number of nitrogens with zero attached hydrogens (tertiary/aromatic N) is 4. The molecule has 3 rings (SSSR count). The van der Waals surface area contributed by atoms with Crippen LogP contribution in [0, 0.1) is 0 Å². The van der Waals surface area contributed by atoms with E-state index in [0.29, 0.717) is 24.8 Å². The molecular formula is C18H26N4O3S2. The van der Waals surface area contributed by atoms with Crippen LogP contribution < -0.4 is 0 Å². The van der Waals surface area contributed by atoms with Crippen molar-refractivity contribution in [3.8, 4) is 0 Å². The number of aryl methyl sites for hydroxylation is 1. The number of hydrogen-bond acceptors (Lipinski definition) is 7. The van der Waals surface area contributed by atoms with Crippen molar-refractivity contribution >= 4 is 21.8 Å². The average molecular weight is 411 g/mol. The third kappa shape index (κ3) is 5.08.